The first kappa shape index (κ1) is 22.8. The molecule has 0 aliphatic heterocycles. The lowest BCUT2D eigenvalue weighted by Crippen LogP contribution is -2.23. The van der Waals surface area contributed by atoms with Gasteiger partial charge in [0.2, 0.25) is 0 Å². The van der Waals surface area contributed by atoms with Gasteiger partial charge in [-0.15, -0.1) is 24.0 Å². The van der Waals surface area contributed by atoms with Crippen LogP contribution < -0.4 is 20.5 Å². The van der Waals surface area contributed by atoms with Crippen LogP contribution in [0.3, 0.4) is 0 Å². The van der Waals surface area contributed by atoms with Gasteiger partial charge in [-0.05, 0) is 44.5 Å². The van der Waals surface area contributed by atoms with Crippen LogP contribution in [0.15, 0.2) is 47.7 Å². The fourth-order valence-electron chi connectivity index (χ4n) is 2.94. The number of nitrogens with two attached hydrogens (primary N) is 1. The molecule has 0 aliphatic carbocycles. The lowest BCUT2D eigenvalue weighted by molar-refractivity contribution is 0.332. The predicted molar refractivity (Wildman–Crippen MR) is 128 cm³/mol. The Morgan fingerprint density at radius 1 is 1.21 bits per heavy atom. The van der Waals surface area contributed by atoms with Gasteiger partial charge in [0.1, 0.15) is 17.1 Å². The maximum Gasteiger partial charge on any atom is 0.193 e. The van der Waals surface area contributed by atoms with Crippen LogP contribution in [-0.2, 0) is 6.42 Å². The van der Waals surface area contributed by atoms with Gasteiger partial charge in [-0.3, -0.25) is 4.99 Å². The number of aryl methyl sites for hydroxylation is 1. The summed E-state index contributed by atoms with van der Waals surface area (Å²) in [4.78, 5) is 9.08. The monoisotopic (exact) mass is 509 g/mol. The van der Waals surface area contributed by atoms with Crippen molar-refractivity contribution in [3.05, 3.63) is 54.0 Å². The van der Waals surface area contributed by atoms with Crippen molar-refractivity contribution in [3.63, 3.8) is 0 Å². The molecule has 0 bridgehead atoms. The number of hydrogen-bond acceptors (Lipinski definition) is 4. The lowest BCUT2D eigenvalue weighted by Gasteiger charge is -2.13. The Kier molecular flexibility index (Phi) is 8.56. The van der Waals surface area contributed by atoms with E-state index in [0.29, 0.717) is 37.9 Å². The van der Waals surface area contributed by atoms with Crippen LogP contribution in [-0.4, -0.2) is 35.1 Å². The number of fused-ring (bicyclic) bond motifs is 1. The normalized spacial score (nSPS) is 11.2. The number of halogens is 1. The smallest absolute Gasteiger partial charge is 0.193 e. The van der Waals surface area contributed by atoms with Crippen LogP contribution in [0.2, 0.25) is 0 Å². The van der Waals surface area contributed by atoms with Crippen molar-refractivity contribution in [3.8, 4) is 11.5 Å². The molecule has 0 spiro atoms. The van der Waals surface area contributed by atoms with Crippen molar-refractivity contribution in [2.45, 2.75) is 27.2 Å². The van der Waals surface area contributed by atoms with Gasteiger partial charge >= 0.3 is 0 Å². The van der Waals surface area contributed by atoms with Crippen LogP contribution in [0.25, 0.3) is 5.65 Å². The topological polar surface area (TPSA) is 86.2 Å². The Balaban J connectivity index is 0.00000300. The van der Waals surface area contributed by atoms with Gasteiger partial charge in [-0.25, -0.2) is 4.98 Å². The molecule has 0 amide bonds. The van der Waals surface area contributed by atoms with Gasteiger partial charge in [0.05, 0.1) is 24.6 Å². The van der Waals surface area contributed by atoms with E-state index in [1.165, 1.54) is 0 Å². The number of benzene rings is 1. The molecule has 0 radical (unpaired) electrons. The van der Waals surface area contributed by atoms with Crippen LogP contribution in [0.5, 0.6) is 11.5 Å². The Bertz CT molecular complexity index is 971. The molecule has 2 aromatic heterocycles. The van der Waals surface area contributed by atoms with E-state index in [9.17, 15) is 0 Å². The summed E-state index contributed by atoms with van der Waals surface area (Å²) < 4.78 is 13.2. The third-order valence-electron chi connectivity index (χ3n) is 4.20. The molecule has 3 rings (SSSR count). The van der Waals surface area contributed by atoms with Gasteiger partial charge in [0, 0.05) is 31.4 Å². The molecule has 156 valence electrons. The minimum Gasteiger partial charge on any atom is -0.494 e. The Hall–Kier alpha value is -2.49. The van der Waals surface area contributed by atoms with Crippen molar-refractivity contribution < 1.29 is 9.47 Å². The first-order chi connectivity index (χ1) is 13.6. The van der Waals surface area contributed by atoms with Crippen LogP contribution >= 0.6 is 24.0 Å². The fourth-order valence-corrected chi connectivity index (χ4v) is 2.94. The van der Waals surface area contributed by atoms with Crippen molar-refractivity contribution in [2.24, 2.45) is 10.7 Å². The molecule has 2 heterocycles. The molecule has 0 atom stereocenters. The zero-order valence-corrected chi connectivity index (χ0v) is 19.3. The molecule has 0 aliphatic rings. The number of pyridine rings is 1. The predicted octanol–water partition coefficient (Wildman–Crippen LogP) is 4.03. The van der Waals surface area contributed by atoms with Crippen molar-refractivity contribution in [2.75, 3.05) is 25.1 Å². The third-order valence-corrected chi connectivity index (χ3v) is 4.20. The van der Waals surface area contributed by atoms with E-state index in [0.717, 1.165) is 28.3 Å². The number of nitrogens with one attached hydrogen (secondary N) is 1. The Morgan fingerprint density at radius 3 is 2.72 bits per heavy atom. The molecule has 8 heteroatoms. The SMILES string of the molecule is CCOc1ccc(OCC)c(NC(N)=NCCc2cn3cccc(C)c3n2)c1.I. The molecular weight excluding hydrogens is 481 g/mol. The number of nitrogens with zero attached hydrogens (tertiary/aromatic N) is 3. The number of aromatic nitrogens is 2. The number of aliphatic imine (C=N–C) groups is 1. The van der Waals surface area contributed by atoms with Gasteiger partial charge in [-0.2, -0.15) is 0 Å². The second-order valence-corrected chi connectivity index (χ2v) is 6.32. The highest BCUT2D eigenvalue weighted by Gasteiger charge is 2.08. The lowest BCUT2D eigenvalue weighted by atomic mass is 10.2. The molecule has 29 heavy (non-hydrogen) atoms. The summed E-state index contributed by atoms with van der Waals surface area (Å²) in [7, 11) is 0. The second-order valence-electron chi connectivity index (χ2n) is 6.32. The minimum absolute atomic E-state index is 0. The van der Waals surface area contributed by atoms with E-state index in [-0.39, 0.29) is 24.0 Å². The molecule has 7 nitrogen and oxygen atoms in total. The molecular formula is C21H28IN5O2. The van der Waals surface area contributed by atoms with Crippen LogP contribution in [0.1, 0.15) is 25.1 Å². The summed E-state index contributed by atoms with van der Waals surface area (Å²) in [5, 5.41) is 3.11. The molecule has 0 unspecified atom stereocenters. The minimum atomic E-state index is 0. The second kappa shape index (κ2) is 10.9. The largest absolute Gasteiger partial charge is 0.494 e. The number of ether oxygens (including phenoxy) is 2. The first-order valence-corrected chi connectivity index (χ1v) is 9.50. The van der Waals surface area contributed by atoms with E-state index in [2.05, 4.69) is 28.3 Å². The number of rotatable bonds is 8. The molecule has 0 saturated carbocycles. The highest BCUT2D eigenvalue weighted by Crippen LogP contribution is 2.29. The van der Waals surface area contributed by atoms with E-state index in [1.54, 1.807) is 0 Å². The van der Waals surface area contributed by atoms with Crippen molar-refractivity contribution >= 4 is 41.3 Å². The van der Waals surface area contributed by atoms with Crippen molar-refractivity contribution in [1.29, 1.82) is 0 Å². The standard InChI is InChI=1S/C21H27N5O2.HI/c1-4-27-17-8-9-19(28-5-2)18(13-17)25-21(22)23-11-10-16-14-26-12-6-7-15(3)20(26)24-16;/h6-9,12-14H,4-5,10-11H2,1-3H3,(H3,22,23,25);1H. The average Bonchev–Trinajstić information content (AvgIpc) is 3.09. The number of guanidine groups is 1. The van der Waals surface area contributed by atoms with E-state index in [4.69, 9.17) is 15.2 Å². The van der Waals surface area contributed by atoms with E-state index in [1.807, 2.05) is 54.9 Å². The summed E-state index contributed by atoms with van der Waals surface area (Å²) >= 11 is 0. The van der Waals surface area contributed by atoms with Crippen molar-refractivity contribution in [1.82, 2.24) is 9.38 Å². The van der Waals surface area contributed by atoms with Gasteiger partial charge < -0.3 is 24.9 Å². The van der Waals surface area contributed by atoms with Gasteiger partial charge in [0.15, 0.2) is 5.96 Å². The molecule has 0 saturated heterocycles. The zero-order valence-electron chi connectivity index (χ0n) is 17.0. The highest BCUT2D eigenvalue weighted by molar-refractivity contribution is 14.0. The molecule has 3 aromatic rings. The number of imidazole rings is 1. The highest BCUT2D eigenvalue weighted by atomic mass is 127. The fraction of sp³-hybridized carbons (Fsp3) is 0.333. The zero-order chi connectivity index (χ0) is 19.9. The van der Waals surface area contributed by atoms with E-state index >= 15 is 0 Å². The summed E-state index contributed by atoms with van der Waals surface area (Å²) in [6, 6.07) is 9.67. The van der Waals surface area contributed by atoms with Crippen LogP contribution in [0, 0.1) is 6.92 Å². The quantitative estimate of drug-likeness (QED) is 0.272. The summed E-state index contributed by atoms with van der Waals surface area (Å²) in [6.45, 7) is 7.63. The van der Waals surface area contributed by atoms with Gasteiger partial charge in [-0.1, -0.05) is 6.07 Å². The average molecular weight is 509 g/mol. The summed E-state index contributed by atoms with van der Waals surface area (Å²) in [5.41, 5.74) is 9.92. The Morgan fingerprint density at radius 2 is 2.00 bits per heavy atom. The maximum atomic E-state index is 6.08. The Labute approximate surface area is 188 Å². The third kappa shape index (κ3) is 5.99. The van der Waals surface area contributed by atoms with Crippen LogP contribution in [0.4, 0.5) is 5.69 Å². The molecule has 0 fully saturated rings. The maximum absolute atomic E-state index is 6.08. The summed E-state index contributed by atoms with van der Waals surface area (Å²) in [6.07, 6.45) is 4.74. The van der Waals surface area contributed by atoms with E-state index < -0.39 is 0 Å². The molecule has 3 N–H and O–H groups in total. The summed E-state index contributed by atoms with van der Waals surface area (Å²) in [5.74, 6) is 1.79. The number of hydrogen-bond donors (Lipinski definition) is 2. The van der Waals surface area contributed by atoms with Gasteiger partial charge in [0.25, 0.3) is 0 Å². The number of anilines is 1. The first-order valence-electron chi connectivity index (χ1n) is 9.50. The molecule has 1 aromatic carbocycles.